The maximum absolute atomic E-state index is 5.63. The molecule has 0 aromatic heterocycles. The van der Waals surface area contributed by atoms with Crippen molar-refractivity contribution in [2.24, 2.45) is 0 Å². The Labute approximate surface area is 160 Å². The van der Waals surface area contributed by atoms with Crippen LogP contribution in [0.3, 0.4) is 0 Å². The molecule has 0 N–H and O–H groups in total. The van der Waals surface area contributed by atoms with Crippen molar-refractivity contribution in [1.82, 2.24) is 0 Å². The fourth-order valence-corrected chi connectivity index (χ4v) is 2.59. The molecule has 0 aliphatic rings. The van der Waals surface area contributed by atoms with Crippen LogP contribution in [0.2, 0.25) is 0 Å². The number of unbranched alkanes of at least 4 members (excludes halogenated alkanes) is 8. The van der Waals surface area contributed by atoms with E-state index < -0.39 is 0 Å². The van der Waals surface area contributed by atoms with Crippen LogP contribution in [0.5, 0.6) is 0 Å². The maximum Gasteiger partial charge on any atom is 0.0701 e. The van der Waals surface area contributed by atoms with Crippen molar-refractivity contribution in [2.45, 2.75) is 71.1 Å². The van der Waals surface area contributed by atoms with Gasteiger partial charge in [-0.2, -0.15) is 0 Å². The number of hydrogen-bond donors (Lipinski definition) is 0. The molecule has 0 amide bonds. The minimum atomic E-state index is 0.622. The summed E-state index contributed by atoms with van der Waals surface area (Å²) in [5.41, 5.74) is 0. The van der Waals surface area contributed by atoms with Crippen LogP contribution in [0.15, 0.2) is 0 Å². The first kappa shape index (κ1) is 25.1. The van der Waals surface area contributed by atoms with Gasteiger partial charge in [0.2, 0.25) is 0 Å². The zero-order valence-corrected chi connectivity index (χ0v) is 17.2. The lowest BCUT2D eigenvalue weighted by Gasteiger charge is -2.07. The summed E-state index contributed by atoms with van der Waals surface area (Å²) in [5, 5.41) is 0. The van der Waals surface area contributed by atoms with Crippen molar-refractivity contribution in [1.29, 1.82) is 0 Å². The van der Waals surface area contributed by atoms with Crippen LogP contribution < -0.4 is 0 Å². The molecule has 0 atom stereocenters. The van der Waals surface area contributed by atoms with Crippen LogP contribution in [-0.4, -0.2) is 58.7 Å². The van der Waals surface area contributed by atoms with Gasteiger partial charge in [0.05, 0.1) is 39.6 Å². The van der Waals surface area contributed by atoms with Crippen molar-refractivity contribution in [3.63, 3.8) is 0 Å². The van der Waals surface area contributed by atoms with E-state index in [1.54, 1.807) is 0 Å². The second-order valence-electron chi connectivity index (χ2n) is 6.32. The molecule has 0 unspecified atom stereocenters. The lowest BCUT2D eigenvalue weighted by molar-refractivity contribution is -0.00248. The highest BCUT2D eigenvalue weighted by atomic mass is 35.5. The Morgan fingerprint density at radius 3 is 1.24 bits per heavy atom. The molecule has 0 saturated heterocycles. The van der Waals surface area contributed by atoms with Crippen LogP contribution in [0, 0.1) is 0 Å². The van der Waals surface area contributed by atoms with Gasteiger partial charge in [0.1, 0.15) is 0 Å². The number of rotatable bonds is 22. The predicted octanol–water partition coefficient (Wildman–Crippen LogP) is 5.21. The van der Waals surface area contributed by atoms with Gasteiger partial charge in [-0.3, -0.25) is 0 Å². The fraction of sp³-hybridized carbons (Fsp3) is 1.00. The average molecular weight is 381 g/mol. The van der Waals surface area contributed by atoms with Crippen molar-refractivity contribution in [3.8, 4) is 0 Å². The van der Waals surface area contributed by atoms with E-state index >= 15 is 0 Å². The standard InChI is InChI=1S/C20H41ClO4/c1-2-3-4-5-7-10-13-22-15-17-24-19-20-25-18-16-23-14-11-8-6-9-12-21/h2-20H2,1H3. The number of alkyl halides is 1. The Kier molecular flexibility index (Phi) is 24.3. The van der Waals surface area contributed by atoms with Gasteiger partial charge in [-0.05, 0) is 19.3 Å². The monoisotopic (exact) mass is 380 g/mol. The lowest BCUT2D eigenvalue weighted by Crippen LogP contribution is -2.12. The third-order valence-corrected chi connectivity index (χ3v) is 4.20. The molecule has 0 aliphatic heterocycles. The summed E-state index contributed by atoms with van der Waals surface area (Å²) in [5.74, 6) is 0.766. The Hall–Kier alpha value is 0.130. The van der Waals surface area contributed by atoms with Crippen LogP contribution in [-0.2, 0) is 18.9 Å². The molecular weight excluding hydrogens is 340 g/mol. The van der Waals surface area contributed by atoms with Crippen LogP contribution in [0.4, 0.5) is 0 Å². The van der Waals surface area contributed by atoms with Gasteiger partial charge in [0.25, 0.3) is 0 Å². The molecule has 0 radical (unpaired) electrons. The van der Waals surface area contributed by atoms with Crippen molar-refractivity contribution < 1.29 is 18.9 Å². The SMILES string of the molecule is CCCCCCCCOCCOCCOCCOCCCCCCCl. The van der Waals surface area contributed by atoms with Gasteiger partial charge < -0.3 is 18.9 Å². The number of hydrogen-bond acceptors (Lipinski definition) is 4. The van der Waals surface area contributed by atoms with Gasteiger partial charge in [-0.25, -0.2) is 0 Å². The highest BCUT2D eigenvalue weighted by molar-refractivity contribution is 6.17. The molecule has 0 rings (SSSR count). The molecule has 0 heterocycles. The van der Waals surface area contributed by atoms with E-state index in [-0.39, 0.29) is 0 Å². The van der Waals surface area contributed by atoms with E-state index in [1.165, 1.54) is 51.4 Å². The molecule has 0 aromatic rings. The van der Waals surface area contributed by atoms with Crippen molar-refractivity contribution in [3.05, 3.63) is 0 Å². The summed E-state index contributed by atoms with van der Waals surface area (Å²) in [6.45, 7) is 7.80. The first-order chi connectivity index (χ1) is 12.4. The molecule has 0 saturated carbocycles. The van der Waals surface area contributed by atoms with Crippen molar-refractivity contribution in [2.75, 3.05) is 58.7 Å². The molecule has 4 nitrogen and oxygen atoms in total. The third kappa shape index (κ3) is 24.1. The number of ether oxygens (including phenoxy) is 4. The molecule has 0 aliphatic carbocycles. The van der Waals surface area contributed by atoms with Crippen LogP contribution >= 0.6 is 11.6 Å². The first-order valence-corrected chi connectivity index (χ1v) is 10.8. The lowest BCUT2D eigenvalue weighted by atomic mass is 10.1. The fourth-order valence-electron chi connectivity index (χ4n) is 2.40. The Morgan fingerprint density at radius 1 is 0.440 bits per heavy atom. The Morgan fingerprint density at radius 2 is 0.800 bits per heavy atom. The molecular formula is C20H41ClO4. The van der Waals surface area contributed by atoms with E-state index in [1.807, 2.05) is 0 Å². The normalized spacial score (nSPS) is 11.3. The quantitative estimate of drug-likeness (QED) is 0.191. The topological polar surface area (TPSA) is 36.9 Å². The molecule has 0 spiro atoms. The highest BCUT2D eigenvalue weighted by Crippen LogP contribution is 2.04. The maximum atomic E-state index is 5.63. The minimum absolute atomic E-state index is 0.622. The van der Waals surface area contributed by atoms with Crippen LogP contribution in [0.1, 0.15) is 71.1 Å². The van der Waals surface area contributed by atoms with E-state index in [0.717, 1.165) is 31.9 Å². The first-order valence-electron chi connectivity index (χ1n) is 10.3. The molecule has 0 bridgehead atoms. The average Bonchev–Trinajstić information content (AvgIpc) is 2.63. The van der Waals surface area contributed by atoms with Gasteiger partial charge in [0.15, 0.2) is 0 Å². The second-order valence-corrected chi connectivity index (χ2v) is 6.70. The van der Waals surface area contributed by atoms with E-state index in [9.17, 15) is 0 Å². The van der Waals surface area contributed by atoms with Gasteiger partial charge in [-0.15, -0.1) is 11.6 Å². The largest absolute Gasteiger partial charge is 0.379 e. The number of halogens is 1. The summed E-state index contributed by atoms with van der Waals surface area (Å²) in [7, 11) is 0. The second kappa shape index (κ2) is 24.1. The summed E-state index contributed by atoms with van der Waals surface area (Å²) >= 11 is 5.63. The zero-order valence-electron chi connectivity index (χ0n) is 16.4. The van der Waals surface area contributed by atoms with E-state index in [0.29, 0.717) is 39.6 Å². The molecule has 25 heavy (non-hydrogen) atoms. The summed E-state index contributed by atoms with van der Waals surface area (Å²) in [4.78, 5) is 0. The van der Waals surface area contributed by atoms with E-state index in [2.05, 4.69) is 6.92 Å². The van der Waals surface area contributed by atoms with Gasteiger partial charge >= 0.3 is 0 Å². The highest BCUT2D eigenvalue weighted by Gasteiger charge is 1.94. The van der Waals surface area contributed by atoms with E-state index in [4.69, 9.17) is 30.5 Å². The molecule has 152 valence electrons. The molecule has 5 heteroatoms. The predicted molar refractivity (Wildman–Crippen MR) is 106 cm³/mol. The molecule has 0 aromatic carbocycles. The van der Waals surface area contributed by atoms with Crippen molar-refractivity contribution >= 4 is 11.6 Å². The summed E-state index contributed by atoms with van der Waals surface area (Å²) < 4.78 is 22.0. The summed E-state index contributed by atoms with van der Waals surface area (Å²) in [6, 6.07) is 0. The minimum Gasteiger partial charge on any atom is -0.379 e. The van der Waals surface area contributed by atoms with Gasteiger partial charge in [0, 0.05) is 19.1 Å². The summed E-state index contributed by atoms with van der Waals surface area (Å²) in [6.07, 6.45) is 12.4. The third-order valence-electron chi connectivity index (χ3n) is 3.93. The van der Waals surface area contributed by atoms with Crippen LogP contribution in [0.25, 0.3) is 0 Å². The molecule has 0 fully saturated rings. The Bertz CT molecular complexity index is 208. The van der Waals surface area contributed by atoms with Gasteiger partial charge in [-0.1, -0.05) is 51.9 Å². The Balaban J connectivity index is 2.94. The zero-order chi connectivity index (χ0) is 18.3. The smallest absolute Gasteiger partial charge is 0.0701 e.